The van der Waals surface area contributed by atoms with Crippen LogP contribution in [0.15, 0.2) is 72.9 Å². The molecule has 0 aliphatic carbocycles. The molecule has 206 valence electrons. The van der Waals surface area contributed by atoms with E-state index in [9.17, 15) is 19.5 Å². The van der Waals surface area contributed by atoms with Crippen LogP contribution in [0.1, 0.15) is 20.8 Å². The van der Waals surface area contributed by atoms with Gasteiger partial charge in [0, 0.05) is 16.7 Å². The van der Waals surface area contributed by atoms with Gasteiger partial charge in [0.05, 0.1) is 28.4 Å². The van der Waals surface area contributed by atoms with Crippen LogP contribution in [0.25, 0.3) is 0 Å². The minimum atomic E-state index is -0.710. The normalized spacial score (nSPS) is 9.13. The number of aromatic hydroxyl groups is 1. The molecule has 10 heteroatoms. The average molecular weight is 531 g/mol. The molecular formula is C28H34O10. The first-order valence-corrected chi connectivity index (χ1v) is 10.9. The molecule has 0 aromatic heterocycles. The van der Waals surface area contributed by atoms with E-state index in [-0.39, 0.29) is 22.6 Å². The van der Waals surface area contributed by atoms with Crippen molar-refractivity contribution in [1.82, 2.24) is 0 Å². The highest BCUT2D eigenvalue weighted by Crippen LogP contribution is 2.37. The van der Waals surface area contributed by atoms with Gasteiger partial charge in [-0.05, 0) is 45.0 Å². The lowest BCUT2D eigenvalue weighted by Crippen LogP contribution is -2.12. The molecule has 0 saturated heterocycles. The molecule has 0 unspecified atom stereocenters. The van der Waals surface area contributed by atoms with Gasteiger partial charge in [-0.1, -0.05) is 31.9 Å². The van der Waals surface area contributed by atoms with Crippen LogP contribution in [-0.4, -0.2) is 51.5 Å². The van der Waals surface area contributed by atoms with E-state index in [4.69, 9.17) is 23.7 Å². The average Bonchev–Trinajstić information content (AvgIpc) is 2.89. The van der Waals surface area contributed by atoms with Gasteiger partial charge >= 0.3 is 17.9 Å². The Kier molecular flexibility index (Phi) is 14.8. The highest BCUT2D eigenvalue weighted by molar-refractivity contribution is 6.00. The van der Waals surface area contributed by atoms with E-state index in [2.05, 4.69) is 24.5 Å². The van der Waals surface area contributed by atoms with Crippen LogP contribution in [0.4, 0.5) is 0 Å². The number of carbonyl (C=O) groups is 3. The third-order valence-electron chi connectivity index (χ3n) is 4.21. The Morgan fingerprint density at radius 3 is 1.21 bits per heavy atom. The largest absolute Gasteiger partial charge is 0.502 e. The Morgan fingerprint density at radius 1 is 0.605 bits per heavy atom. The van der Waals surface area contributed by atoms with Crippen molar-refractivity contribution < 1.29 is 47.9 Å². The zero-order valence-corrected chi connectivity index (χ0v) is 22.7. The smallest absolute Gasteiger partial charge is 0.340 e. The van der Waals surface area contributed by atoms with Gasteiger partial charge < -0.3 is 33.5 Å². The molecule has 0 atom stereocenters. The van der Waals surface area contributed by atoms with Gasteiger partial charge in [-0.3, -0.25) is 0 Å². The van der Waals surface area contributed by atoms with Crippen LogP contribution in [-0.2, 0) is 19.1 Å². The molecule has 0 fully saturated rings. The molecular weight excluding hydrogens is 496 g/mol. The molecule has 0 aliphatic rings. The molecule has 10 nitrogen and oxygen atoms in total. The lowest BCUT2D eigenvalue weighted by Gasteiger charge is -2.12. The lowest BCUT2D eigenvalue weighted by atomic mass is 10.3. The number of hydrogen-bond donors (Lipinski definition) is 1. The summed E-state index contributed by atoms with van der Waals surface area (Å²) in [4.78, 5) is 32.8. The number of methoxy groups -OCH3 is 4. The molecule has 2 aromatic rings. The molecule has 0 bridgehead atoms. The van der Waals surface area contributed by atoms with Crippen molar-refractivity contribution in [2.75, 3.05) is 28.4 Å². The SMILES string of the molecule is C=C(C)C(=O)OC(=O)C(=C)C.C=C(C)C(=O)Oc1c(OC)cccc1OC.COc1cccc(OC)c1O. The van der Waals surface area contributed by atoms with E-state index in [1.165, 1.54) is 42.3 Å². The van der Waals surface area contributed by atoms with E-state index in [0.29, 0.717) is 28.6 Å². The Labute approximate surface area is 222 Å². The summed E-state index contributed by atoms with van der Waals surface area (Å²) >= 11 is 0. The van der Waals surface area contributed by atoms with Gasteiger partial charge in [0.2, 0.25) is 11.5 Å². The zero-order chi connectivity index (χ0) is 29.4. The third-order valence-corrected chi connectivity index (χ3v) is 4.21. The fourth-order valence-corrected chi connectivity index (χ4v) is 2.19. The van der Waals surface area contributed by atoms with Crippen molar-refractivity contribution in [3.63, 3.8) is 0 Å². The van der Waals surface area contributed by atoms with Crippen LogP contribution >= 0.6 is 0 Å². The van der Waals surface area contributed by atoms with E-state index >= 15 is 0 Å². The van der Waals surface area contributed by atoms with E-state index in [1.807, 2.05) is 0 Å². The number of hydrogen-bond acceptors (Lipinski definition) is 10. The van der Waals surface area contributed by atoms with Crippen LogP contribution in [0, 0.1) is 0 Å². The van der Waals surface area contributed by atoms with Crippen LogP contribution in [0.3, 0.4) is 0 Å². The number of benzene rings is 2. The number of ether oxygens (including phenoxy) is 6. The number of phenolic OH excluding ortho intramolecular Hbond substituents is 1. The van der Waals surface area contributed by atoms with Gasteiger partial charge in [-0.25, -0.2) is 14.4 Å². The zero-order valence-electron chi connectivity index (χ0n) is 22.7. The van der Waals surface area contributed by atoms with Crippen LogP contribution in [0.5, 0.6) is 34.5 Å². The topological polar surface area (TPSA) is 127 Å². The van der Waals surface area contributed by atoms with Gasteiger partial charge in [0.25, 0.3) is 0 Å². The van der Waals surface area contributed by atoms with Crippen LogP contribution in [0.2, 0.25) is 0 Å². The highest BCUT2D eigenvalue weighted by atomic mass is 16.6. The first kappa shape index (κ1) is 33.3. The van der Waals surface area contributed by atoms with Crippen molar-refractivity contribution in [3.05, 3.63) is 72.9 Å². The number of para-hydroxylation sites is 2. The van der Waals surface area contributed by atoms with E-state index in [1.54, 1.807) is 43.3 Å². The number of esters is 3. The lowest BCUT2D eigenvalue weighted by molar-refractivity contribution is -0.153. The monoisotopic (exact) mass is 530 g/mol. The predicted molar refractivity (Wildman–Crippen MR) is 142 cm³/mol. The quantitative estimate of drug-likeness (QED) is 0.220. The van der Waals surface area contributed by atoms with E-state index in [0.717, 1.165) is 0 Å². The summed E-state index contributed by atoms with van der Waals surface area (Å²) in [5.41, 5.74) is 0.701. The van der Waals surface area contributed by atoms with Gasteiger partial charge in [0.15, 0.2) is 23.0 Å². The summed E-state index contributed by atoms with van der Waals surface area (Å²) in [7, 11) is 5.97. The maximum atomic E-state index is 11.4. The number of rotatable bonds is 8. The van der Waals surface area contributed by atoms with Gasteiger partial charge in [-0.15, -0.1) is 0 Å². The molecule has 0 saturated carbocycles. The summed E-state index contributed by atoms with van der Waals surface area (Å²) in [6, 6.07) is 10.2. The van der Waals surface area contributed by atoms with Gasteiger partial charge in [0.1, 0.15) is 0 Å². The second kappa shape index (κ2) is 16.9. The molecule has 2 rings (SSSR count). The standard InChI is InChI=1S/C12H14O4.2C8H10O3/c1-8(2)12(13)16-11-9(14-3)6-5-7-10(11)15-4;1-10-6-4-3-5-7(11-2)8(6)9;1-5(2)7(9)11-8(10)6(3)4/h5-7H,1H2,2-4H3;3-5,9H,1-2H3;1,3H2,2,4H3. The summed E-state index contributed by atoms with van der Waals surface area (Å²) in [6.07, 6.45) is 0. The van der Waals surface area contributed by atoms with Crippen molar-refractivity contribution in [1.29, 1.82) is 0 Å². The molecule has 1 N–H and O–H groups in total. The number of carbonyl (C=O) groups excluding carboxylic acids is 3. The second-order valence-corrected chi connectivity index (χ2v) is 7.41. The first-order valence-electron chi connectivity index (χ1n) is 10.9. The maximum Gasteiger partial charge on any atom is 0.340 e. The summed E-state index contributed by atoms with van der Waals surface area (Å²) < 4.78 is 29.3. The highest BCUT2D eigenvalue weighted by Gasteiger charge is 2.15. The molecule has 0 amide bonds. The van der Waals surface area contributed by atoms with Crippen molar-refractivity contribution in [3.8, 4) is 34.5 Å². The van der Waals surface area contributed by atoms with Crippen molar-refractivity contribution in [2.45, 2.75) is 20.8 Å². The molecule has 0 aliphatic heterocycles. The molecule has 0 spiro atoms. The Bertz CT molecular complexity index is 1100. The first-order chi connectivity index (χ1) is 17.8. The summed E-state index contributed by atoms with van der Waals surface area (Å²) in [6.45, 7) is 14.6. The second-order valence-electron chi connectivity index (χ2n) is 7.41. The molecule has 0 radical (unpaired) electrons. The molecule has 38 heavy (non-hydrogen) atoms. The predicted octanol–water partition coefficient (Wildman–Crippen LogP) is 4.80. The maximum absolute atomic E-state index is 11.4. The Balaban J connectivity index is 0.000000557. The fraction of sp³-hybridized carbons (Fsp3) is 0.250. The minimum absolute atomic E-state index is 0.0394. The molecule has 0 heterocycles. The van der Waals surface area contributed by atoms with Crippen molar-refractivity contribution >= 4 is 17.9 Å². The fourth-order valence-electron chi connectivity index (χ4n) is 2.19. The third kappa shape index (κ3) is 10.9. The van der Waals surface area contributed by atoms with Crippen molar-refractivity contribution in [2.24, 2.45) is 0 Å². The molecule has 2 aromatic carbocycles. The minimum Gasteiger partial charge on any atom is -0.502 e. The van der Waals surface area contributed by atoms with E-state index < -0.39 is 17.9 Å². The summed E-state index contributed by atoms with van der Waals surface area (Å²) in [5, 5.41) is 9.34. The Morgan fingerprint density at radius 2 is 0.921 bits per heavy atom. The van der Waals surface area contributed by atoms with Gasteiger partial charge in [-0.2, -0.15) is 0 Å². The number of phenols is 1. The van der Waals surface area contributed by atoms with Crippen LogP contribution < -0.4 is 23.7 Å². The Hall–Kier alpha value is -4.73. The summed E-state index contributed by atoms with van der Waals surface area (Å²) in [5.74, 6) is 0.0911.